The molecule has 4 rings (SSSR count). The lowest BCUT2D eigenvalue weighted by molar-refractivity contribution is -0.136. The molecule has 0 spiro atoms. The molecule has 0 N–H and O–H groups in total. The molecule has 1 saturated heterocycles. The molecule has 32 heavy (non-hydrogen) atoms. The van der Waals surface area contributed by atoms with Gasteiger partial charge >= 0.3 is 0 Å². The number of amides is 2. The van der Waals surface area contributed by atoms with E-state index in [1.807, 2.05) is 36.1 Å². The van der Waals surface area contributed by atoms with Crippen LogP contribution in [-0.2, 0) is 27.3 Å². The van der Waals surface area contributed by atoms with Crippen molar-refractivity contribution in [1.82, 2.24) is 14.9 Å². The Morgan fingerprint density at radius 1 is 1.16 bits per heavy atom. The molecule has 8 heteroatoms. The molecule has 3 heterocycles. The van der Waals surface area contributed by atoms with Crippen molar-refractivity contribution in [3.8, 4) is 5.75 Å². The molecule has 2 amide bonds. The zero-order valence-corrected chi connectivity index (χ0v) is 19.0. The third kappa shape index (κ3) is 4.60. The third-order valence-corrected chi connectivity index (χ3v) is 6.26. The molecule has 0 radical (unpaired) electrons. The lowest BCUT2D eigenvalue weighted by Crippen LogP contribution is -2.41. The average molecular weight is 439 g/mol. The van der Waals surface area contributed by atoms with E-state index in [1.54, 1.807) is 12.0 Å². The molecule has 1 atom stereocenters. The summed E-state index contributed by atoms with van der Waals surface area (Å²) >= 11 is 0. The molecule has 0 bridgehead atoms. The van der Waals surface area contributed by atoms with Crippen molar-refractivity contribution >= 4 is 17.6 Å². The number of piperidine rings is 1. The van der Waals surface area contributed by atoms with Gasteiger partial charge in [-0.25, -0.2) is 9.97 Å². The number of ether oxygens (including phenoxy) is 2. The summed E-state index contributed by atoms with van der Waals surface area (Å²) in [6, 6.07) is 7.73. The normalized spacial score (nSPS) is 18.5. The Bertz CT molecular complexity index is 992. The Balaban J connectivity index is 1.61. The molecular weight excluding hydrogens is 408 g/mol. The zero-order chi connectivity index (χ0) is 22.7. The third-order valence-electron chi connectivity index (χ3n) is 6.26. The summed E-state index contributed by atoms with van der Waals surface area (Å²) in [6.07, 6.45) is 2.92. The van der Waals surface area contributed by atoms with Crippen LogP contribution in [0.5, 0.6) is 5.75 Å². The van der Waals surface area contributed by atoms with E-state index in [9.17, 15) is 9.59 Å². The van der Waals surface area contributed by atoms with Crippen LogP contribution in [0.1, 0.15) is 47.8 Å². The first kappa shape index (κ1) is 22.2. The first-order chi connectivity index (χ1) is 15.5. The molecule has 8 nitrogen and oxygen atoms in total. The summed E-state index contributed by atoms with van der Waals surface area (Å²) in [6.45, 7) is 3.83. The van der Waals surface area contributed by atoms with Crippen molar-refractivity contribution in [1.29, 1.82) is 0 Å². The van der Waals surface area contributed by atoms with E-state index in [0.717, 1.165) is 42.0 Å². The van der Waals surface area contributed by atoms with Crippen LogP contribution in [-0.4, -0.2) is 60.6 Å². The molecule has 1 fully saturated rings. The van der Waals surface area contributed by atoms with Gasteiger partial charge in [0.05, 0.1) is 13.7 Å². The molecule has 2 aromatic rings. The van der Waals surface area contributed by atoms with Gasteiger partial charge in [-0.1, -0.05) is 12.1 Å². The standard InChI is InChI=1S/C24H30N4O4/c1-16-20-10-11-21(29)28(13-17-6-8-19(32-3)9-7-17)24(20)26-23(25-16)18-5-4-12-27(14-18)22(30)15-31-2/h6-9,18H,4-5,10-15H2,1-3H3. The van der Waals surface area contributed by atoms with E-state index >= 15 is 0 Å². The highest BCUT2D eigenvalue weighted by Gasteiger charge is 2.31. The number of likely N-dealkylation sites (tertiary alicyclic amines) is 1. The van der Waals surface area contributed by atoms with Crippen LogP contribution in [0.15, 0.2) is 24.3 Å². The first-order valence-electron chi connectivity index (χ1n) is 11.1. The number of benzene rings is 1. The van der Waals surface area contributed by atoms with Gasteiger partial charge in [0.2, 0.25) is 11.8 Å². The van der Waals surface area contributed by atoms with Gasteiger partial charge in [-0.15, -0.1) is 0 Å². The molecule has 1 unspecified atom stereocenters. The minimum Gasteiger partial charge on any atom is -0.497 e. The maximum absolute atomic E-state index is 12.9. The number of hydrogen-bond acceptors (Lipinski definition) is 6. The fraction of sp³-hybridized carbons (Fsp3) is 0.500. The summed E-state index contributed by atoms with van der Waals surface area (Å²) in [5.74, 6) is 2.31. The molecule has 170 valence electrons. The van der Waals surface area contributed by atoms with E-state index in [0.29, 0.717) is 37.6 Å². The number of carbonyl (C=O) groups excluding carboxylic acids is 2. The SMILES string of the molecule is COCC(=O)N1CCCC(c2nc(C)c3c(n2)N(Cc2ccc(OC)cc2)C(=O)CC3)C1. The van der Waals surface area contributed by atoms with E-state index in [4.69, 9.17) is 19.4 Å². The van der Waals surface area contributed by atoms with Gasteiger partial charge in [0.15, 0.2) is 0 Å². The highest BCUT2D eigenvalue weighted by molar-refractivity contribution is 5.95. The highest BCUT2D eigenvalue weighted by Crippen LogP contribution is 2.33. The summed E-state index contributed by atoms with van der Waals surface area (Å²) in [5, 5.41) is 0. The van der Waals surface area contributed by atoms with Crippen LogP contribution in [0.3, 0.4) is 0 Å². The van der Waals surface area contributed by atoms with Crippen LogP contribution < -0.4 is 9.64 Å². The van der Waals surface area contributed by atoms with E-state index < -0.39 is 0 Å². The zero-order valence-electron chi connectivity index (χ0n) is 19.0. The number of fused-ring (bicyclic) bond motifs is 1. The second-order valence-electron chi connectivity index (χ2n) is 8.41. The fourth-order valence-corrected chi connectivity index (χ4v) is 4.49. The van der Waals surface area contributed by atoms with Gasteiger partial charge < -0.3 is 14.4 Å². The number of carbonyl (C=O) groups is 2. The molecule has 0 aliphatic carbocycles. The summed E-state index contributed by atoms with van der Waals surface area (Å²) in [7, 11) is 3.17. The Kier molecular flexibility index (Phi) is 6.69. The highest BCUT2D eigenvalue weighted by atomic mass is 16.5. The Morgan fingerprint density at radius 2 is 1.94 bits per heavy atom. The summed E-state index contributed by atoms with van der Waals surface area (Å²) in [4.78, 5) is 38.5. The Labute approximate surface area is 188 Å². The molecule has 1 aromatic carbocycles. The van der Waals surface area contributed by atoms with Gasteiger partial charge in [-0.3, -0.25) is 14.5 Å². The van der Waals surface area contributed by atoms with Gasteiger partial charge in [0.1, 0.15) is 24.0 Å². The number of nitrogens with zero attached hydrogens (tertiary/aromatic N) is 4. The average Bonchev–Trinajstić information content (AvgIpc) is 2.81. The van der Waals surface area contributed by atoms with Crippen molar-refractivity contribution in [2.24, 2.45) is 0 Å². The maximum Gasteiger partial charge on any atom is 0.248 e. The summed E-state index contributed by atoms with van der Waals surface area (Å²) in [5.41, 5.74) is 2.96. The van der Waals surface area contributed by atoms with Crippen LogP contribution >= 0.6 is 0 Å². The topological polar surface area (TPSA) is 84.9 Å². The largest absolute Gasteiger partial charge is 0.497 e. The van der Waals surface area contributed by atoms with Gasteiger partial charge in [-0.2, -0.15) is 0 Å². The van der Waals surface area contributed by atoms with Crippen molar-refractivity contribution in [2.75, 3.05) is 38.8 Å². The number of methoxy groups -OCH3 is 2. The monoisotopic (exact) mass is 438 g/mol. The number of anilines is 1. The van der Waals surface area contributed by atoms with Crippen molar-refractivity contribution < 1.29 is 19.1 Å². The quantitative estimate of drug-likeness (QED) is 0.689. The number of hydrogen-bond donors (Lipinski definition) is 0. The van der Waals surface area contributed by atoms with E-state index in [2.05, 4.69) is 0 Å². The van der Waals surface area contributed by atoms with Crippen molar-refractivity contribution in [3.63, 3.8) is 0 Å². The van der Waals surface area contributed by atoms with Crippen molar-refractivity contribution in [2.45, 2.75) is 45.1 Å². The predicted octanol–water partition coefficient (Wildman–Crippen LogP) is 2.63. The van der Waals surface area contributed by atoms with Crippen LogP contribution in [0.25, 0.3) is 0 Å². The van der Waals surface area contributed by atoms with E-state index in [1.165, 1.54) is 7.11 Å². The van der Waals surface area contributed by atoms with Gasteiger partial charge in [0, 0.05) is 43.8 Å². The first-order valence-corrected chi connectivity index (χ1v) is 11.1. The second-order valence-corrected chi connectivity index (χ2v) is 8.41. The fourth-order valence-electron chi connectivity index (χ4n) is 4.49. The van der Waals surface area contributed by atoms with Gasteiger partial charge in [0.25, 0.3) is 0 Å². The number of aromatic nitrogens is 2. The maximum atomic E-state index is 12.9. The van der Waals surface area contributed by atoms with Crippen LogP contribution in [0.2, 0.25) is 0 Å². The molecule has 0 saturated carbocycles. The van der Waals surface area contributed by atoms with Crippen LogP contribution in [0, 0.1) is 6.92 Å². The van der Waals surface area contributed by atoms with E-state index in [-0.39, 0.29) is 24.3 Å². The minimum atomic E-state index is -0.0109. The molecule has 2 aliphatic rings. The number of aryl methyl sites for hydroxylation is 1. The number of rotatable bonds is 6. The summed E-state index contributed by atoms with van der Waals surface area (Å²) < 4.78 is 10.3. The minimum absolute atomic E-state index is 0.0109. The predicted molar refractivity (Wildman–Crippen MR) is 120 cm³/mol. The van der Waals surface area contributed by atoms with Crippen molar-refractivity contribution in [3.05, 3.63) is 46.9 Å². The van der Waals surface area contributed by atoms with Gasteiger partial charge in [-0.05, 0) is 43.9 Å². The smallest absolute Gasteiger partial charge is 0.248 e. The van der Waals surface area contributed by atoms with Crippen LogP contribution in [0.4, 0.5) is 5.82 Å². The lowest BCUT2D eigenvalue weighted by Gasteiger charge is -2.34. The molecular formula is C24H30N4O4. The molecule has 2 aliphatic heterocycles. The Hall–Kier alpha value is -3.00. The second kappa shape index (κ2) is 9.65. The molecule has 1 aromatic heterocycles. The Morgan fingerprint density at radius 3 is 2.66 bits per heavy atom. The lowest BCUT2D eigenvalue weighted by atomic mass is 9.95.